The summed E-state index contributed by atoms with van der Waals surface area (Å²) in [4.78, 5) is 0. The number of methoxy groups -OCH3 is 1. The van der Waals surface area contributed by atoms with E-state index in [2.05, 4.69) is 69.4 Å². The van der Waals surface area contributed by atoms with Crippen LogP contribution in [0.5, 0.6) is 5.75 Å². The summed E-state index contributed by atoms with van der Waals surface area (Å²) in [5.41, 5.74) is 6.16. The van der Waals surface area contributed by atoms with Crippen LogP contribution in [0.15, 0.2) is 36.4 Å². The number of benzene rings is 2. The predicted molar refractivity (Wildman–Crippen MR) is 85.7 cm³/mol. The lowest BCUT2D eigenvalue weighted by Gasteiger charge is -2.20. The lowest BCUT2D eigenvalue weighted by atomic mass is 10.00. The smallest absolute Gasteiger partial charge is 0.142 e. The Bertz CT molecular complexity index is 604. The molecule has 2 aromatic carbocycles. The number of nitrogens with one attached hydrogen (secondary N) is 1. The van der Waals surface area contributed by atoms with E-state index >= 15 is 0 Å². The Kier molecular flexibility index (Phi) is 4.33. The Labute approximate surface area is 121 Å². The van der Waals surface area contributed by atoms with Crippen LogP contribution >= 0.6 is 0 Å². The summed E-state index contributed by atoms with van der Waals surface area (Å²) in [6.07, 6.45) is 0. The zero-order valence-electron chi connectivity index (χ0n) is 12.9. The molecule has 0 amide bonds. The summed E-state index contributed by atoms with van der Waals surface area (Å²) in [7, 11) is 1.71. The molecule has 0 saturated carbocycles. The average Bonchev–Trinajstić information content (AvgIpc) is 2.40. The first kappa shape index (κ1) is 14.4. The van der Waals surface area contributed by atoms with E-state index in [0.29, 0.717) is 0 Å². The highest BCUT2D eigenvalue weighted by atomic mass is 16.5. The van der Waals surface area contributed by atoms with Gasteiger partial charge in [0.25, 0.3) is 0 Å². The van der Waals surface area contributed by atoms with Crippen molar-refractivity contribution in [3.05, 3.63) is 58.7 Å². The highest BCUT2D eigenvalue weighted by Crippen LogP contribution is 2.30. The van der Waals surface area contributed by atoms with E-state index in [1.165, 1.54) is 22.3 Å². The van der Waals surface area contributed by atoms with Gasteiger partial charge in [-0.3, -0.25) is 0 Å². The molecule has 0 spiro atoms. The van der Waals surface area contributed by atoms with Gasteiger partial charge in [-0.25, -0.2) is 0 Å². The maximum atomic E-state index is 5.45. The van der Waals surface area contributed by atoms with E-state index in [4.69, 9.17) is 4.74 Å². The second-order valence-electron chi connectivity index (χ2n) is 5.43. The predicted octanol–water partition coefficient (Wildman–Crippen LogP) is 4.79. The van der Waals surface area contributed by atoms with Gasteiger partial charge in [0, 0.05) is 6.04 Å². The molecule has 0 aromatic heterocycles. The van der Waals surface area contributed by atoms with Crippen LogP contribution in [-0.2, 0) is 0 Å². The maximum absolute atomic E-state index is 5.45. The summed E-state index contributed by atoms with van der Waals surface area (Å²) in [6, 6.07) is 13.0. The monoisotopic (exact) mass is 269 g/mol. The Morgan fingerprint density at radius 3 is 2.25 bits per heavy atom. The van der Waals surface area contributed by atoms with Gasteiger partial charge in [0.1, 0.15) is 5.75 Å². The molecule has 1 atom stereocenters. The number of ether oxygens (including phenoxy) is 1. The van der Waals surface area contributed by atoms with Crippen molar-refractivity contribution >= 4 is 5.69 Å². The highest BCUT2D eigenvalue weighted by Gasteiger charge is 2.11. The molecular formula is C18H23NO. The fourth-order valence-corrected chi connectivity index (χ4v) is 2.54. The summed E-state index contributed by atoms with van der Waals surface area (Å²) < 4.78 is 5.45. The van der Waals surface area contributed by atoms with E-state index in [-0.39, 0.29) is 6.04 Å². The Balaban J connectivity index is 2.25. The molecule has 2 rings (SSSR count). The van der Waals surface area contributed by atoms with Gasteiger partial charge in [-0.2, -0.15) is 0 Å². The van der Waals surface area contributed by atoms with Crippen molar-refractivity contribution in [1.82, 2.24) is 0 Å². The molecular weight excluding hydrogens is 246 g/mol. The van der Waals surface area contributed by atoms with Crippen molar-refractivity contribution in [2.75, 3.05) is 12.4 Å². The first-order valence-corrected chi connectivity index (χ1v) is 6.99. The molecule has 0 radical (unpaired) electrons. The summed E-state index contributed by atoms with van der Waals surface area (Å²) in [5.74, 6) is 0.890. The van der Waals surface area contributed by atoms with Crippen molar-refractivity contribution in [2.24, 2.45) is 0 Å². The van der Waals surface area contributed by atoms with Gasteiger partial charge in [0.15, 0.2) is 0 Å². The number of aryl methyl sites for hydroxylation is 3. The molecule has 1 unspecified atom stereocenters. The van der Waals surface area contributed by atoms with E-state index in [9.17, 15) is 0 Å². The molecule has 0 saturated heterocycles. The van der Waals surface area contributed by atoms with Gasteiger partial charge in [-0.05, 0) is 56.5 Å². The number of hydrogen-bond donors (Lipinski definition) is 1. The molecule has 0 fully saturated rings. The molecule has 106 valence electrons. The minimum Gasteiger partial charge on any atom is -0.495 e. The first-order valence-electron chi connectivity index (χ1n) is 6.99. The van der Waals surface area contributed by atoms with Gasteiger partial charge in [-0.15, -0.1) is 0 Å². The van der Waals surface area contributed by atoms with Crippen LogP contribution in [0, 0.1) is 20.8 Å². The Hall–Kier alpha value is -1.96. The third-order valence-electron chi connectivity index (χ3n) is 3.62. The first-order chi connectivity index (χ1) is 9.51. The quantitative estimate of drug-likeness (QED) is 0.861. The topological polar surface area (TPSA) is 21.3 Å². The van der Waals surface area contributed by atoms with Gasteiger partial charge < -0.3 is 10.1 Å². The van der Waals surface area contributed by atoms with Gasteiger partial charge >= 0.3 is 0 Å². The second kappa shape index (κ2) is 6.00. The fraction of sp³-hybridized carbons (Fsp3) is 0.333. The van der Waals surface area contributed by atoms with Crippen molar-refractivity contribution in [1.29, 1.82) is 0 Å². The molecule has 0 bridgehead atoms. The van der Waals surface area contributed by atoms with Crippen LogP contribution in [-0.4, -0.2) is 7.11 Å². The van der Waals surface area contributed by atoms with Crippen LogP contribution in [0.25, 0.3) is 0 Å². The second-order valence-corrected chi connectivity index (χ2v) is 5.43. The third kappa shape index (κ3) is 3.13. The summed E-state index contributed by atoms with van der Waals surface area (Å²) in [6.45, 7) is 8.53. The molecule has 0 aliphatic rings. The lowest BCUT2D eigenvalue weighted by molar-refractivity contribution is 0.416. The highest BCUT2D eigenvalue weighted by molar-refractivity contribution is 5.59. The molecule has 20 heavy (non-hydrogen) atoms. The molecule has 0 heterocycles. The normalized spacial score (nSPS) is 12.1. The molecule has 2 nitrogen and oxygen atoms in total. The van der Waals surface area contributed by atoms with Gasteiger partial charge in [0.05, 0.1) is 12.8 Å². The maximum Gasteiger partial charge on any atom is 0.142 e. The van der Waals surface area contributed by atoms with E-state index in [1.54, 1.807) is 7.11 Å². The molecule has 1 N–H and O–H groups in total. The minimum absolute atomic E-state index is 0.243. The van der Waals surface area contributed by atoms with E-state index in [1.807, 2.05) is 0 Å². The van der Waals surface area contributed by atoms with E-state index in [0.717, 1.165) is 11.4 Å². The van der Waals surface area contributed by atoms with Crippen LogP contribution in [0.2, 0.25) is 0 Å². The Morgan fingerprint density at radius 1 is 0.950 bits per heavy atom. The van der Waals surface area contributed by atoms with Crippen molar-refractivity contribution in [2.45, 2.75) is 33.7 Å². The number of hydrogen-bond acceptors (Lipinski definition) is 2. The van der Waals surface area contributed by atoms with E-state index < -0.39 is 0 Å². The third-order valence-corrected chi connectivity index (χ3v) is 3.62. The summed E-state index contributed by atoms with van der Waals surface area (Å²) in [5, 5.41) is 3.54. The zero-order chi connectivity index (χ0) is 14.7. The molecule has 2 heteroatoms. The molecule has 2 aromatic rings. The fourth-order valence-electron chi connectivity index (χ4n) is 2.54. The number of rotatable bonds is 4. The van der Waals surface area contributed by atoms with Crippen LogP contribution in [0.3, 0.4) is 0 Å². The SMILES string of the molecule is COc1cc(C)ccc1NC(C)c1ccc(C)cc1C. The van der Waals surface area contributed by atoms with Crippen molar-refractivity contribution in [3.63, 3.8) is 0 Å². The van der Waals surface area contributed by atoms with Crippen LogP contribution in [0.1, 0.15) is 35.2 Å². The van der Waals surface area contributed by atoms with Crippen LogP contribution < -0.4 is 10.1 Å². The summed E-state index contributed by atoms with van der Waals surface area (Å²) >= 11 is 0. The van der Waals surface area contributed by atoms with Gasteiger partial charge in [-0.1, -0.05) is 29.8 Å². The largest absolute Gasteiger partial charge is 0.495 e. The zero-order valence-corrected chi connectivity index (χ0v) is 12.9. The molecule has 0 aliphatic carbocycles. The average molecular weight is 269 g/mol. The van der Waals surface area contributed by atoms with Crippen molar-refractivity contribution < 1.29 is 4.74 Å². The standard InChI is InChI=1S/C18H23NO/c1-12-6-8-16(14(3)10-12)15(4)19-17-9-7-13(2)11-18(17)20-5/h6-11,15,19H,1-5H3. The lowest BCUT2D eigenvalue weighted by Crippen LogP contribution is -2.09. The molecule has 0 aliphatic heterocycles. The Morgan fingerprint density at radius 2 is 1.60 bits per heavy atom. The van der Waals surface area contributed by atoms with Crippen LogP contribution in [0.4, 0.5) is 5.69 Å². The minimum atomic E-state index is 0.243. The van der Waals surface area contributed by atoms with Gasteiger partial charge in [0.2, 0.25) is 0 Å². The van der Waals surface area contributed by atoms with Crippen molar-refractivity contribution in [3.8, 4) is 5.75 Å². The number of anilines is 1.